The van der Waals surface area contributed by atoms with Gasteiger partial charge < -0.3 is 5.73 Å². The van der Waals surface area contributed by atoms with Gasteiger partial charge in [0.1, 0.15) is 0 Å². The van der Waals surface area contributed by atoms with Gasteiger partial charge in [-0.05, 0) is 28.1 Å². The molecule has 2 aromatic rings. The van der Waals surface area contributed by atoms with Crippen molar-refractivity contribution in [3.63, 3.8) is 0 Å². The number of nitrogens with two attached hydrogens (primary N) is 1. The van der Waals surface area contributed by atoms with Crippen molar-refractivity contribution >= 4 is 15.9 Å². The lowest BCUT2D eigenvalue weighted by Crippen LogP contribution is -2.31. The van der Waals surface area contributed by atoms with Gasteiger partial charge in [-0.1, -0.05) is 12.1 Å². The molecule has 0 amide bonds. The predicted molar refractivity (Wildman–Crippen MR) is 68.3 cm³/mol. The molecule has 0 radical (unpaired) electrons. The van der Waals surface area contributed by atoms with E-state index in [1.54, 1.807) is 12.1 Å². The largest absolute Gasteiger partial charge is 0.332 e. The lowest BCUT2D eigenvalue weighted by molar-refractivity contribution is 0.850. The lowest BCUT2D eigenvalue weighted by atomic mass is 10.3. The summed E-state index contributed by atoms with van der Waals surface area (Å²) in [4.78, 5) is 25.3. The molecule has 88 valence electrons. The molecule has 0 aliphatic carbocycles. The van der Waals surface area contributed by atoms with Crippen molar-refractivity contribution in [2.75, 3.05) is 0 Å². The van der Waals surface area contributed by atoms with Gasteiger partial charge in [-0.2, -0.15) is 0 Å². The number of rotatable bonds is 2. The van der Waals surface area contributed by atoms with Gasteiger partial charge in [-0.25, -0.2) is 4.79 Å². The summed E-state index contributed by atoms with van der Waals surface area (Å²) in [7, 11) is 0. The Bertz CT molecular complexity index is 660. The number of aromatic amines is 1. The molecule has 2 rings (SSSR count). The van der Waals surface area contributed by atoms with Crippen LogP contribution in [0, 0.1) is 0 Å². The number of halogens is 1. The Balaban J connectivity index is 2.73. The van der Waals surface area contributed by atoms with Crippen LogP contribution in [0.25, 0.3) is 5.69 Å². The third-order valence-electron chi connectivity index (χ3n) is 2.35. The van der Waals surface area contributed by atoms with Gasteiger partial charge in [-0.15, -0.1) is 0 Å². The average molecular weight is 296 g/mol. The van der Waals surface area contributed by atoms with Crippen LogP contribution in [0.1, 0.15) is 5.56 Å². The van der Waals surface area contributed by atoms with Crippen LogP contribution in [-0.2, 0) is 6.54 Å². The molecule has 3 N–H and O–H groups in total. The van der Waals surface area contributed by atoms with Crippen LogP contribution >= 0.6 is 15.9 Å². The summed E-state index contributed by atoms with van der Waals surface area (Å²) >= 11 is 3.35. The van der Waals surface area contributed by atoms with E-state index in [9.17, 15) is 9.59 Å². The molecule has 1 heterocycles. The second-order valence-corrected chi connectivity index (χ2v) is 4.29. The quantitative estimate of drug-likeness (QED) is 0.858. The van der Waals surface area contributed by atoms with Crippen molar-refractivity contribution in [3.8, 4) is 5.69 Å². The molecule has 0 spiro atoms. The normalized spacial score (nSPS) is 10.5. The zero-order valence-corrected chi connectivity index (χ0v) is 10.4. The van der Waals surface area contributed by atoms with Crippen LogP contribution in [0.4, 0.5) is 0 Å². The first-order valence-corrected chi connectivity index (χ1v) is 5.72. The second kappa shape index (κ2) is 4.68. The number of para-hydroxylation sites is 1. The van der Waals surface area contributed by atoms with Gasteiger partial charge in [0, 0.05) is 22.8 Å². The molecule has 1 aromatic heterocycles. The first-order valence-electron chi connectivity index (χ1n) is 4.93. The number of nitrogens with one attached hydrogen (secondary N) is 1. The van der Waals surface area contributed by atoms with E-state index in [4.69, 9.17) is 5.73 Å². The minimum absolute atomic E-state index is 0.0834. The molecule has 6 heteroatoms. The predicted octanol–water partition coefficient (Wildman–Crippen LogP) is 0.747. The molecule has 0 bridgehead atoms. The van der Waals surface area contributed by atoms with Gasteiger partial charge in [-0.3, -0.25) is 14.3 Å². The fourth-order valence-corrected chi connectivity index (χ4v) is 1.96. The van der Waals surface area contributed by atoms with Crippen LogP contribution in [0.15, 0.2) is 44.5 Å². The van der Waals surface area contributed by atoms with Crippen molar-refractivity contribution in [1.29, 1.82) is 0 Å². The number of nitrogens with zero attached hydrogens (tertiary/aromatic N) is 1. The first-order chi connectivity index (χ1) is 8.13. The molecule has 0 aliphatic heterocycles. The Morgan fingerprint density at radius 1 is 1.29 bits per heavy atom. The standard InChI is InChI=1S/C11H10BrN3O2/c12-8-3-1-2-4-9(8)15-6-7(5-13)10(16)14-11(15)17/h1-4,6H,5,13H2,(H,14,16,17). The number of H-pyrrole nitrogens is 1. The second-order valence-electron chi connectivity index (χ2n) is 3.44. The van der Waals surface area contributed by atoms with Crippen LogP contribution in [-0.4, -0.2) is 9.55 Å². The average Bonchev–Trinajstić information content (AvgIpc) is 2.31. The van der Waals surface area contributed by atoms with E-state index in [-0.39, 0.29) is 6.54 Å². The Labute approximate surface area is 105 Å². The van der Waals surface area contributed by atoms with Crippen LogP contribution in [0.2, 0.25) is 0 Å². The van der Waals surface area contributed by atoms with E-state index in [2.05, 4.69) is 20.9 Å². The van der Waals surface area contributed by atoms with Crippen LogP contribution in [0.5, 0.6) is 0 Å². The van der Waals surface area contributed by atoms with Gasteiger partial charge in [0.15, 0.2) is 0 Å². The van der Waals surface area contributed by atoms with E-state index >= 15 is 0 Å². The number of aromatic nitrogens is 2. The fourth-order valence-electron chi connectivity index (χ4n) is 1.48. The summed E-state index contributed by atoms with van der Waals surface area (Å²) in [6.07, 6.45) is 1.46. The van der Waals surface area contributed by atoms with Crippen molar-refractivity contribution in [1.82, 2.24) is 9.55 Å². The summed E-state index contributed by atoms with van der Waals surface area (Å²) in [6.45, 7) is 0.0834. The zero-order chi connectivity index (χ0) is 12.4. The molecule has 0 unspecified atom stereocenters. The summed E-state index contributed by atoms with van der Waals surface area (Å²) in [6, 6.07) is 7.23. The van der Waals surface area contributed by atoms with Gasteiger partial charge in [0.25, 0.3) is 5.56 Å². The topological polar surface area (TPSA) is 80.9 Å². The highest BCUT2D eigenvalue weighted by atomic mass is 79.9. The molecular formula is C11H10BrN3O2. The minimum Gasteiger partial charge on any atom is -0.326 e. The summed E-state index contributed by atoms with van der Waals surface area (Å²) < 4.78 is 2.12. The van der Waals surface area contributed by atoms with Gasteiger partial charge in [0.2, 0.25) is 0 Å². The smallest absolute Gasteiger partial charge is 0.326 e. The van der Waals surface area contributed by atoms with Crippen molar-refractivity contribution in [3.05, 3.63) is 61.3 Å². The fraction of sp³-hybridized carbons (Fsp3) is 0.0909. The maximum absolute atomic E-state index is 11.7. The highest BCUT2D eigenvalue weighted by molar-refractivity contribution is 9.10. The molecule has 5 nitrogen and oxygen atoms in total. The Morgan fingerprint density at radius 2 is 2.00 bits per heavy atom. The number of hydrogen-bond donors (Lipinski definition) is 2. The maximum atomic E-state index is 11.7. The van der Waals surface area contributed by atoms with Crippen LogP contribution < -0.4 is 17.0 Å². The molecular weight excluding hydrogens is 286 g/mol. The van der Waals surface area contributed by atoms with E-state index < -0.39 is 11.2 Å². The Hall–Kier alpha value is -1.66. The van der Waals surface area contributed by atoms with Crippen LogP contribution in [0.3, 0.4) is 0 Å². The lowest BCUT2D eigenvalue weighted by Gasteiger charge is -2.08. The molecule has 1 aromatic carbocycles. The highest BCUT2D eigenvalue weighted by Gasteiger charge is 2.07. The highest BCUT2D eigenvalue weighted by Crippen LogP contribution is 2.18. The van der Waals surface area contributed by atoms with Gasteiger partial charge in [0.05, 0.1) is 5.69 Å². The Morgan fingerprint density at radius 3 is 2.65 bits per heavy atom. The SMILES string of the molecule is NCc1cn(-c2ccccc2Br)c(=O)[nH]c1=O. The molecule has 0 aliphatic rings. The third-order valence-corrected chi connectivity index (χ3v) is 3.02. The number of hydrogen-bond acceptors (Lipinski definition) is 3. The summed E-state index contributed by atoms with van der Waals surface area (Å²) in [5.41, 5.74) is 5.53. The Kier molecular flexibility index (Phi) is 3.26. The summed E-state index contributed by atoms with van der Waals surface area (Å²) in [5, 5.41) is 0. The van der Waals surface area contributed by atoms with E-state index in [1.807, 2.05) is 12.1 Å². The molecule has 0 atom stereocenters. The molecule has 0 saturated carbocycles. The van der Waals surface area contributed by atoms with Crippen molar-refractivity contribution in [2.45, 2.75) is 6.54 Å². The zero-order valence-electron chi connectivity index (χ0n) is 8.81. The van der Waals surface area contributed by atoms with E-state index in [1.165, 1.54) is 10.8 Å². The van der Waals surface area contributed by atoms with Crippen molar-refractivity contribution in [2.24, 2.45) is 5.73 Å². The molecule has 17 heavy (non-hydrogen) atoms. The maximum Gasteiger partial charge on any atom is 0.332 e. The molecule has 0 fully saturated rings. The third kappa shape index (κ3) is 2.22. The molecule has 0 saturated heterocycles. The monoisotopic (exact) mass is 295 g/mol. The first kappa shape index (κ1) is 11.8. The van der Waals surface area contributed by atoms with E-state index in [0.29, 0.717) is 11.3 Å². The minimum atomic E-state index is -0.487. The number of benzene rings is 1. The summed E-state index contributed by atoms with van der Waals surface area (Å²) in [5.74, 6) is 0. The van der Waals surface area contributed by atoms with Gasteiger partial charge >= 0.3 is 5.69 Å². The van der Waals surface area contributed by atoms with Crippen molar-refractivity contribution < 1.29 is 0 Å². The van der Waals surface area contributed by atoms with E-state index in [0.717, 1.165) is 4.47 Å².